The molecule has 6 nitrogen and oxygen atoms in total. The molecule has 2 fully saturated rings. The first-order chi connectivity index (χ1) is 11.8. The minimum Gasteiger partial charge on any atom is -0.343 e. The van der Waals surface area contributed by atoms with Gasteiger partial charge in [0, 0.05) is 38.1 Å². The van der Waals surface area contributed by atoms with E-state index < -0.39 is 10.0 Å². The highest BCUT2D eigenvalue weighted by atomic mass is 35.5. The number of rotatable bonds is 6. The maximum absolute atomic E-state index is 12.4. The first kappa shape index (κ1) is 21.2. The number of nitrogens with one attached hydrogen (secondary N) is 2. The van der Waals surface area contributed by atoms with Crippen molar-refractivity contribution in [1.82, 2.24) is 14.9 Å². The Hall–Kier alpha value is -1.15. The lowest BCUT2D eigenvalue weighted by atomic mass is 9.98. The molecule has 1 aromatic carbocycles. The van der Waals surface area contributed by atoms with Gasteiger partial charge < -0.3 is 10.2 Å². The van der Waals surface area contributed by atoms with Crippen molar-refractivity contribution in [3.63, 3.8) is 0 Å². The number of hydrogen-bond acceptors (Lipinski definition) is 4. The molecule has 1 amide bonds. The molecule has 0 saturated carbocycles. The Morgan fingerprint density at radius 3 is 2.35 bits per heavy atom. The predicted octanol–water partition coefficient (Wildman–Crippen LogP) is 1.83. The number of amides is 1. The van der Waals surface area contributed by atoms with Crippen LogP contribution in [0.1, 0.15) is 37.7 Å². The average molecular weight is 402 g/mol. The molecule has 2 atom stereocenters. The van der Waals surface area contributed by atoms with E-state index in [2.05, 4.69) is 10.0 Å². The summed E-state index contributed by atoms with van der Waals surface area (Å²) < 4.78 is 27.0. The topological polar surface area (TPSA) is 78.5 Å². The van der Waals surface area contributed by atoms with Gasteiger partial charge in [0.15, 0.2) is 0 Å². The van der Waals surface area contributed by atoms with Crippen LogP contribution in [0.2, 0.25) is 0 Å². The molecule has 0 radical (unpaired) electrons. The molecular formula is C18H28ClN3O3S. The second-order valence-electron chi connectivity index (χ2n) is 7.23. The fourth-order valence-corrected chi connectivity index (χ4v) is 4.85. The van der Waals surface area contributed by atoms with Crippen molar-refractivity contribution in [1.29, 1.82) is 0 Å². The van der Waals surface area contributed by atoms with E-state index in [-0.39, 0.29) is 42.2 Å². The van der Waals surface area contributed by atoms with Crippen LogP contribution in [0.25, 0.3) is 0 Å². The van der Waals surface area contributed by atoms with Gasteiger partial charge in [0.25, 0.3) is 0 Å². The largest absolute Gasteiger partial charge is 0.343 e. The third kappa shape index (κ3) is 4.97. The molecule has 2 aliphatic rings. The van der Waals surface area contributed by atoms with Gasteiger partial charge in [-0.15, -0.1) is 12.4 Å². The van der Waals surface area contributed by atoms with Crippen LogP contribution in [0.4, 0.5) is 0 Å². The van der Waals surface area contributed by atoms with Gasteiger partial charge in [-0.3, -0.25) is 4.79 Å². The van der Waals surface area contributed by atoms with Crippen LogP contribution >= 0.6 is 12.4 Å². The van der Waals surface area contributed by atoms with Crippen molar-refractivity contribution in [2.24, 2.45) is 0 Å². The Morgan fingerprint density at radius 2 is 1.77 bits per heavy atom. The van der Waals surface area contributed by atoms with E-state index in [0.29, 0.717) is 12.1 Å². The van der Waals surface area contributed by atoms with Crippen LogP contribution in [0.5, 0.6) is 0 Å². The van der Waals surface area contributed by atoms with Gasteiger partial charge in [-0.2, -0.15) is 0 Å². The van der Waals surface area contributed by atoms with Gasteiger partial charge in [0.2, 0.25) is 15.9 Å². The summed E-state index contributed by atoms with van der Waals surface area (Å²) in [6.45, 7) is 2.03. The van der Waals surface area contributed by atoms with Crippen molar-refractivity contribution in [2.75, 3.05) is 13.6 Å². The summed E-state index contributed by atoms with van der Waals surface area (Å²) in [6.07, 6.45) is 4.56. The minimum atomic E-state index is -3.56. The smallest absolute Gasteiger partial charge is 0.240 e. The van der Waals surface area contributed by atoms with E-state index in [4.69, 9.17) is 0 Å². The quantitative estimate of drug-likeness (QED) is 0.762. The van der Waals surface area contributed by atoms with Gasteiger partial charge in [0.05, 0.1) is 4.90 Å². The summed E-state index contributed by atoms with van der Waals surface area (Å²) in [5.74, 6) is -0.00194. The number of aryl methyl sites for hydroxylation is 1. The summed E-state index contributed by atoms with van der Waals surface area (Å²) >= 11 is 0. The third-order valence-electron chi connectivity index (χ3n) is 5.35. The highest BCUT2D eigenvalue weighted by Crippen LogP contribution is 2.29. The maximum Gasteiger partial charge on any atom is 0.240 e. The van der Waals surface area contributed by atoms with Crippen molar-refractivity contribution >= 4 is 28.3 Å². The monoisotopic (exact) mass is 401 g/mol. The number of piperidine rings is 1. The first-order valence-electron chi connectivity index (χ1n) is 8.93. The molecule has 0 spiro atoms. The summed E-state index contributed by atoms with van der Waals surface area (Å²) in [5, 5.41) is 3.57. The molecule has 146 valence electrons. The molecular weight excluding hydrogens is 374 g/mol. The van der Waals surface area contributed by atoms with Gasteiger partial charge >= 0.3 is 0 Å². The zero-order valence-corrected chi connectivity index (χ0v) is 16.9. The van der Waals surface area contributed by atoms with E-state index in [1.807, 2.05) is 18.9 Å². The van der Waals surface area contributed by atoms with Gasteiger partial charge in [-0.25, -0.2) is 13.1 Å². The predicted molar refractivity (Wildman–Crippen MR) is 104 cm³/mol. The fourth-order valence-electron chi connectivity index (χ4n) is 3.82. The fraction of sp³-hybridized carbons (Fsp3) is 0.611. The van der Waals surface area contributed by atoms with Gasteiger partial charge in [0.1, 0.15) is 0 Å². The molecule has 2 heterocycles. The molecule has 0 aromatic heterocycles. The number of hydrogen-bond donors (Lipinski definition) is 2. The zero-order valence-electron chi connectivity index (χ0n) is 15.3. The Labute approximate surface area is 162 Å². The highest BCUT2D eigenvalue weighted by Gasteiger charge is 2.36. The molecule has 2 bridgehead atoms. The lowest BCUT2D eigenvalue weighted by Crippen LogP contribution is -2.49. The number of halogens is 1. The summed E-state index contributed by atoms with van der Waals surface area (Å²) in [4.78, 5) is 14.5. The summed E-state index contributed by atoms with van der Waals surface area (Å²) in [5.41, 5.74) is 1.01. The van der Waals surface area contributed by atoms with Gasteiger partial charge in [-0.05, 0) is 44.7 Å². The SMILES string of the molecule is Cc1ccc(S(=O)(=O)NCCC(=O)N(C)C2CC3CCC(C2)N3)cc1.Cl. The average Bonchev–Trinajstić information content (AvgIpc) is 2.92. The Kier molecular flexibility index (Phi) is 7.07. The normalized spacial score (nSPS) is 24.8. The molecule has 2 N–H and O–H groups in total. The number of benzene rings is 1. The lowest BCUT2D eigenvalue weighted by Gasteiger charge is -2.35. The third-order valence-corrected chi connectivity index (χ3v) is 6.83. The van der Waals surface area contributed by atoms with Crippen molar-refractivity contribution in [2.45, 2.75) is 62.0 Å². The number of sulfonamides is 1. The number of nitrogens with zero attached hydrogens (tertiary/aromatic N) is 1. The summed E-state index contributed by atoms with van der Waals surface area (Å²) in [6, 6.07) is 8.00. The van der Waals surface area contributed by atoms with Crippen LogP contribution in [-0.4, -0.2) is 50.9 Å². The number of carbonyl (C=O) groups is 1. The zero-order chi connectivity index (χ0) is 18.0. The van der Waals surface area contributed by atoms with Crippen molar-refractivity contribution in [3.8, 4) is 0 Å². The van der Waals surface area contributed by atoms with Crippen LogP contribution in [-0.2, 0) is 14.8 Å². The standard InChI is InChI=1S/C18H27N3O3S.ClH/c1-13-3-7-17(8-4-13)25(23,24)19-10-9-18(22)21(2)16-11-14-5-6-15(12-16)20-14;/h3-4,7-8,14-16,19-20H,5-6,9-12H2,1-2H3;1H. The van der Waals surface area contributed by atoms with E-state index >= 15 is 0 Å². The molecule has 8 heteroatoms. The molecule has 2 aliphatic heterocycles. The molecule has 0 aliphatic carbocycles. The molecule has 2 saturated heterocycles. The van der Waals surface area contributed by atoms with Gasteiger partial charge in [-0.1, -0.05) is 17.7 Å². The molecule has 3 rings (SSSR count). The lowest BCUT2D eigenvalue weighted by molar-refractivity contribution is -0.132. The second-order valence-corrected chi connectivity index (χ2v) is 9.00. The Morgan fingerprint density at radius 1 is 1.19 bits per heavy atom. The molecule has 2 unspecified atom stereocenters. The molecule has 1 aromatic rings. The Balaban J connectivity index is 0.00000243. The van der Waals surface area contributed by atoms with Crippen LogP contribution in [0.15, 0.2) is 29.2 Å². The van der Waals surface area contributed by atoms with Crippen LogP contribution in [0.3, 0.4) is 0 Å². The second kappa shape index (κ2) is 8.69. The van der Waals surface area contributed by atoms with E-state index in [9.17, 15) is 13.2 Å². The Bertz CT molecular complexity index is 712. The maximum atomic E-state index is 12.4. The van der Waals surface area contributed by atoms with E-state index in [1.165, 1.54) is 12.8 Å². The molecule has 26 heavy (non-hydrogen) atoms. The first-order valence-corrected chi connectivity index (χ1v) is 10.4. The van der Waals surface area contributed by atoms with Crippen LogP contribution in [0, 0.1) is 6.92 Å². The summed E-state index contributed by atoms with van der Waals surface area (Å²) in [7, 11) is -1.72. The minimum absolute atomic E-state index is 0. The highest BCUT2D eigenvalue weighted by molar-refractivity contribution is 7.89. The van der Waals surface area contributed by atoms with Crippen molar-refractivity contribution in [3.05, 3.63) is 29.8 Å². The number of carbonyl (C=O) groups excluding carboxylic acids is 1. The van der Waals surface area contributed by atoms with E-state index in [0.717, 1.165) is 18.4 Å². The number of fused-ring (bicyclic) bond motifs is 2. The van der Waals surface area contributed by atoms with Crippen LogP contribution < -0.4 is 10.0 Å². The van der Waals surface area contributed by atoms with Crippen molar-refractivity contribution < 1.29 is 13.2 Å². The van der Waals surface area contributed by atoms with E-state index in [1.54, 1.807) is 24.3 Å².